The number of hydrogen-bond donors (Lipinski definition) is 0. The fourth-order valence-corrected chi connectivity index (χ4v) is 2.58. The van der Waals surface area contributed by atoms with Gasteiger partial charge < -0.3 is 0 Å². The van der Waals surface area contributed by atoms with Crippen molar-refractivity contribution in [2.75, 3.05) is 11.4 Å². The topological polar surface area (TPSA) is 33.2 Å². The lowest BCUT2D eigenvalue weighted by Gasteiger charge is -2.15. The van der Waals surface area contributed by atoms with Crippen molar-refractivity contribution in [3.8, 4) is 0 Å². The summed E-state index contributed by atoms with van der Waals surface area (Å²) in [6.07, 6.45) is 1.56. The summed E-state index contributed by atoms with van der Waals surface area (Å²) in [7, 11) is 0. The predicted octanol–water partition coefficient (Wildman–Crippen LogP) is 2.48. The first-order valence-corrected chi connectivity index (χ1v) is 6.04. The first-order valence-electron chi connectivity index (χ1n) is 4.33. The number of halogens is 3. The van der Waals surface area contributed by atoms with Crippen LogP contribution in [0.4, 0.5) is 10.2 Å². The summed E-state index contributed by atoms with van der Waals surface area (Å²) in [5, 5.41) is 0. The maximum absolute atomic E-state index is 12.8. The molecule has 0 bridgehead atoms. The van der Waals surface area contributed by atoms with Crippen molar-refractivity contribution in [2.45, 2.75) is 11.2 Å². The monoisotopic (exact) mass is 336 g/mol. The molecule has 1 unspecified atom stereocenters. The molecule has 2 rings (SSSR count). The maximum atomic E-state index is 12.8. The zero-order chi connectivity index (χ0) is 11.0. The van der Waals surface area contributed by atoms with Crippen LogP contribution in [0.2, 0.25) is 0 Å². The lowest BCUT2D eigenvalue weighted by Crippen LogP contribution is -2.26. The van der Waals surface area contributed by atoms with E-state index in [2.05, 4.69) is 36.8 Å². The van der Waals surface area contributed by atoms with Crippen LogP contribution in [0.3, 0.4) is 0 Å². The Morgan fingerprint density at radius 2 is 2.33 bits per heavy atom. The van der Waals surface area contributed by atoms with Gasteiger partial charge in [-0.3, -0.25) is 9.69 Å². The van der Waals surface area contributed by atoms with E-state index in [0.717, 1.165) is 6.20 Å². The van der Waals surface area contributed by atoms with Crippen LogP contribution < -0.4 is 4.90 Å². The predicted molar refractivity (Wildman–Crippen MR) is 61.6 cm³/mol. The van der Waals surface area contributed by atoms with E-state index in [4.69, 9.17) is 0 Å². The molecule has 0 aliphatic carbocycles. The van der Waals surface area contributed by atoms with Crippen molar-refractivity contribution in [3.63, 3.8) is 0 Å². The van der Waals surface area contributed by atoms with Gasteiger partial charge in [0.2, 0.25) is 5.91 Å². The molecule has 0 N–H and O–H groups in total. The molecule has 1 aliphatic heterocycles. The summed E-state index contributed by atoms with van der Waals surface area (Å²) in [4.78, 5) is 17.2. The van der Waals surface area contributed by atoms with Crippen molar-refractivity contribution in [3.05, 3.63) is 22.6 Å². The Balaban J connectivity index is 2.34. The Labute approximate surface area is 103 Å². The molecule has 15 heavy (non-hydrogen) atoms. The molecule has 1 aromatic heterocycles. The van der Waals surface area contributed by atoms with Gasteiger partial charge in [-0.2, -0.15) is 0 Å². The summed E-state index contributed by atoms with van der Waals surface area (Å²) >= 11 is 6.57. The van der Waals surface area contributed by atoms with E-state index >= 15 is 0 Å². The number of nitrogens with zero attached hydrogens (tertiary/aromatic N) is 2. The largest absolute Gasteiger partial charge is 0.295 e. The van der Waals surface area contributed by atoms with Gasteiger partial charge in [-0.05, 0) is 22.0 Å². The van der Waals surface area contributed by atoms with E-state index in [1.54, 1.807) is 4.90 Å². The van der Waals surface area contributed by atoms with Crippen molar-refractivity contribution in [1.82, 2.24) is 4.98 Å². The molecule has 1 amide bonds. The summed E-state index contributed by atoms with van der Waals surface area (Å²) in [5.74, 6) is 0.0488. The highest BCUT2D eigenvalue weighted by atomic mass is 79.9. The van der Waals surface area contributed by atoms with Gasteiger partial charge in [0.25, 0.3) is 0 Å². The molecule has 0 spiro atoms. The number of aromatic nitrogens is 1. The molecule has 6 heteroatoms. The number of alkyl halides is 1. The van der Waals surface area contributed by atoms with Crippen LogP contribution in [0, 0.1) is 5.82 Å². The summed E-state index contributed by atoms with van der Waals surface area (Å²) in [6, 6.07) is 1.30. The minimum Gasteiger partial charge on any atom is -0.295 e. The summed E-state index contributed by atoms with van der Waals surface area (Å²) < 4.78 is 13.3. The summed E-state index contributed by atoms with van der Waals surface area (Å²) in [6.45, 7) is 0.566. The van der Waals surface area contributed by atoms with Crippen molar-refractivity contribution in [1.29, 1.82) is 0 Å². The Morgan fingerprint density at radius 3 is 2.87 bits per heavy atom. The average Bonchev–Trinajstić information content (AvgIpc) is 2.45. The van der Waals surface area contributed by atoms with Crippen LogP contribution in [0.15, 0.2) is 16.7 Å². The number of pyridine rings is 1. The number of rotatable bonds is 1. The third-order valence-corrected chi connectivity index (χ3v) is 3.32. The molecule has 80 valence electrons. The van der Waals surface area contributed by atoms with Crippen LogP contribution in [-0.2, 0) is 4.79 Å². The van der Waals surface area contributed by atoms with Crippen LogP contribution >= 0.6 is 31.9 Å². The molecule has 1 aliphatic rings. The number of amides is 1. The van der Waals surface area contributed by atoms with Crippen LogP contribution in [0.25, 0.3) is 0 Å². The second-order valence-electron chi connectivity index (χ2n) is 3.26. The second-order valence-corrected chi connectivity index (χ2v) is 5.41. The Bertz CT molecular complexity index is 413. The summed E-state index contributed by atoms with van der Waals surface area (Å²) in [5.41, 5.74) is 0. The Morgan fingerprint density at radius 1 is 1.60 bits per heavy atom. The standard InChI is InChI=1S/C9H7Br2FN2O/c10-5-1-8(15)14(4-5)9-7(11)2-6(12)3-13-9/h2-3,5H,1,4H2. The molecule has 1 fully saturated rings. The third kappa shape index (κ3) is 2.20. The van der Waals surface area contributed by atoms with Crippen LogP contribution in [0.1, 0.15) is 6.42 Å². The quantitative estimate of drug-likeness (QED) is 0.738. The SMILES string of the molecule is O=C1CC(Br)CN1c1ncc(F)cc1Br. The average molecular weight is 338 g/mol. The van der Waals surface area contributed by atoms with E-state index in [0.29, 0.717) is 23.3 Å². The van der Waals surface area contributed by atoms with Crippen molar-refractivity contribution < 1.29 is 9.18 Å². The van der Waals surface area contributed by atoms with Crippen LogP contribution in [-0.4, -0.2) is 22.3 Å². The van der Waals surface area contributed by atoms with Gasteiger partial charge in [0, 0.05) is 17.8 Å². The Kier molecular flexibility index (Phi) is 3.06. The van der Waals surface area contributed by atoms with E-state index < -0.39 is 5.82 Å². The third-order valence-electron chi connectivity index (χ3n) is 2.12. The van der Waals surface area contributed by atoms with Gasteiger partial charge in [-0.15, -0.1) is 0 Å². The highest BCUT2D eigenvalue weighted by Crippen LogP contribution is 2.29. The zero-order valence-electron chi connectivity index (χ0n) is 7.58. The van der Waals surface area contributed by atoms with Crippen molar-refractivity contribution >= 4 is 43.6 Å². The lowest BCUT2D eigenvalue weighted by atomic mass is 10.4. The van der Waals surface area contributed by atoms with Gasteiger partial charge in [-0.25, -0.2) is 9.37 Å². The van der Waals surface area contributed by atoms with E-state index in [1.165, 1.54) is 6.07 Å². The highest BCUT2D eigenvalue weighted by Gasteiger charge is 2.30. The molecular formula is C9H7Br2FN2O. The molecular weight excluding hydrogens is 331 g/mol. The molecule has 3 nitrogen and oxygen atoms in total. The number of carbonyl (C=O) groups excluding carboxylic acids is 1. The minimum absolute atomic E-state index is 0.00307. The van der Waals surface area contributed by atoms with E-state index in [9.17, 15) is 9.18 Å². The molecule has 0 radical (unpaired) electrons. The molecule has 0 saturated carbocycles. The van der Waals surface area contributed by atoms with Gasteiger partial charge in [0.15, 0.2) is 0 Å². The lowest BCUT2D eigenvalue weighted by molar-refractivity contribution is -0.117. The normalized spacial score (nSPS) is 21.1. The minimum atomic E-state index is -0.423. The van der Waals surface area contributed by atoms with Crippen LogP contribution in [0.5, 0.6) is 0 Å². The first-order chi connectivity index (χ1) is 7.08. The molecule has 2 heterocycles. The van der Waals surface area contributed by atoms with E-state index in [-0.39, 0.29) is 10.7 Å². The second kappa shape index (κ2) is 4.17. The smallest absolute Gasteiger partial charge is 0.229 e. The van der Waals surface area contributed by atoms with Gasteiger partial charge in [0.1, 0.15) is 11.6 Å². The van der Waals surface area contributed by atoms with E-state index in [1.807, 2.05) is 0 Å². The Hall–Kier alpha value is -0.490. The number of carbonyl (C=O) groups is 1. The fourth-order valence-electron chi connectivity index (χ4n) is 1.47. The maximum Gasteiger partial charge on any atom is 0.229 e. The molecule has 1 aromatic rings. The zero-order valence-corrected chi connectivity index (χ0v) is 10.8. The van der Waals surface area contributed by atoms with Crippen molar-refractivity contribution in [2.24, 2.45) is 0 Å². The van der Waals surface area contributed by atoms with Gasteiger partial charge >= 0.3 is 0 Å². The fraction of sp³-hybridized carbons (Fsp3) is 0.333. The number of anilines is 1. The molecule has 1 atom stereocenters. The highest BCUT2D eigenvalue weighted by molar-refractivity contribution is 9.10. The van der Waals surface area contributed by atoms with Gasteiger partial charge in [0.05, 0.1) is 10.7 Å². The van der Waals surface area contributed by atoms with Gasteiger partial charge in [-0.1, -0.05) is 15.9 Å². The molecule has 0 aromatic carbocycles. The molecule has 1 saturated heterocycles. The first kappa shape index (κ1) is 11.0. The number of hydrogen-bond acceptors (Lipinski definition) is 2.